The number of aromatic nitrogens is 3. The quantitative estimate of drug-likeness (QED) is 0.695. The highest BCUT2D eigenvalue weighted by molar-refractivity contribution is 6.02. The van der Waals surface area contributed by atoms with Crippen molar-refractivity contribution in [2.45, 2.75) is 6.42 Å². The first-order valence-corrected chi connectivity index (χ1v) is 6.02. The number of fused-ring (bicyclic) bond motifs is 2. The van der Waals surface area contributed by atoms with Crippen LogP contribution in [0.1, 0.15) is 5.56 Å². The Bertz CT molecular complexity index is 747. The lowest BCUT2D eigenvalue weighted by molar-refractivity contribution is -0.115. The number of H-pyrrole nitrogens is 1. The zero-order valence-electron chi connectivity index (χ0n) is 9.97. The van der Waals surface area contributed by atoms with Crippen LogP contribution in [0.3, 0.4) is 0 Å². The van der Waals surface area contributed by atoms with Crippen molar-refractivity contribution in [1.29, 1.82) is 0 Å². The first-order valence-electron chi connectivity index (χ1n) is 6.02. The first kappa shape index (κ1) is 10.3. The molecule has 2 aromatic heterocycles. The SMILES string of the molecule is O=C1Cc2cc3nc(-c4ccncc4)[nH]c3cc2N1. The fraction of sp³-hybridized carbons (Fsp3) is 0.0714. The number of nitrogens with zero attached hydrogens (tertiary/aromatic N) is 2. The minimum absolute atomic E-state index is 0.0389. The molecule has 2 N–H and O–H groups in total. The highest BCUT2D eigenvalue weighted by atomic mass is 16.1. The van der Waals surface area contributed by atoms with E-state index in [0.29, 0.717) is 6.42 Å². The van der Waals surface area contributed by atoms with Crippen LogP contribution in [0.15, 0.2) is 36.7 Å². The second-order valence-corrected chi connectivity index (χ2v) is 4.57. The second kappa shape index (κ2) is 3.65. The van der Waals surface area contributed by atoms with E-state index >= 15 is 0 Å². The number of nitrogens with one attached hydrogen (secondary N) is 2. The molecule has 1 aliphatic rings. The maximum atomic E-state index is 11.3. The van der Waals surface area contributed by atoms with Crippen molar-refractivity contribution in [2.75, 3.05) is 5.32 Å². The summed E-state index contributed by atoms with van der Waals surface area (Å²) in [5, 5.41) is 2.84. The number of carbonyl (C=O) groups is 1. The van der Waals surface area contributed by atoms with Crippen molar-refractivity contribution in [3.8, 4) is 11.4 Å². The number of carbonyl (C=O) groups excluding carboxylic acids is 1. The van der Waals surface area contributed by atoms with Crippen LogP contribution in [-0.2, 0) is 11.2 Å². The minimum Gasteiger partial charge on any atom is -0.338 e. The number of anilines is 1. The molecular formula is C14H10N4O. The third-order valence-electron chi connectivity index (χ3n) is 3.29. The van der Waals surface area contributed by atoms with Crippen LogP contribution in [0, 0.1) is 0 Å². The molecule has 3 aromatic rings. The van der Waals surface area contributed by atoms with Crippen LogP contribution in [0.5, 0.6) is 0 Å². The largest absolute Gasteiger partial charge is 0.338 e. The molecule has 0 spiro atoms. The Morgan fingerprint density at radius 3 is 2.84 bits per heavy atom. The van der Waals surface area contributed by atoms with Crippen LogP contribution >= 0.6 is 0 Å². The number of hydrogen-bond donors (Lipinski definition) is 2. The van der Waals surface area contributed by atoms with Gasteiger partial charge in [0.15, 0.2) is 0 Å². The average Bonchev–Trinajstić information content (AvgIpc) is 2.98. The summed E-state index contributed by atoms with van der Waals surface area (Å²) in [6.07, 6.45) is 3.91. The lowest BCUT2D eigenvalue weighted by Gasteiger charge is -1.96. The van der Waals surface area contributed by atoms with Gasteiger partial charge in [-0.2, -0.15) is 0 Å². The van der Waals surface area contributed by atoms with Gasteiger partial charge < -0.3 is 10.3 Å². The third-order valence-corrected chi connectivity index (χ3v) is 3.29. The van der Waals surface area contributed by atoms with E-state index in [4.69, 9.17) is 0 Å². The van der Waals surface area contributed by atoms with Gasteiger partial charge in [-0.15, -0.1) is 0 Å². The molecule has 0 fully saturated rings. The fourth-order valence-electron chi connectivity index (χ4n) is 2.38. The van der Waals surface area contributed by atoms with Crippen molar-refractivity contribution >= 4 is 22.6 Å². The van der Waals surface area contributed by atoms with Crippen molar-refractivity contribution in [2.24, 2.45) is 0 Å². The van der Waals surface area contributed by atoms with Crippen LogP contribution in [0.25, 0.3) is 22.4 Å². The molecule has 1 aliphatic heterocycles. The Labute approximate surface area is 108 Å². The Hall–Kier alpha value is -2.69. The lowest BCUT2D eigenvalue weighted by atomic mass is 10.1. The normalized spacial score (nSPS) is 13.6. The summed E-state index contributed by atoms with van der Waals surface area (Å²) in [5.74, 6) is 0.851. The highest BCUT2D eigenvalue weighted by Gasteiger charge is 2.19. The van der Waals surface area contributed by atoms with Crippen LogP contribution in [-0.4, -0.2) is 20.9 Å². The molecule has 0 unspecified atom stereocenters. The minimum atomic E-state index is 0.0389. The van der Waals surface area contributed by atoms with Crippen molar-refractivity contribution in [1.82, 2.24) is 15.0 Å². The van der Waals surface area contributed by atoms with Crippen molar-refractivity contribution < 1.29 is 4.79 Å². The van der Waals surface area contributed by atoms with Gasteiger partial charge in [-0.05, 0) is 29.8 Å². The predicted molar refractivity (Wildman–Crippen MR) is 71.7 cm³/mol. The number of pyridine rings is 1. The van der Waals surface area contributed by atoms with E-state index in [1.165, 1.54) is 0 Å². The van der Waals surface area contributed by atoms with Crippen LogP contribution < -0.4 is 5.32 Å². The average molecular weight is 250 g/mol. The van der Waals surface area contributed by atoms with E-state index in [9.17, 15) is 4.79 Å². The third kappa shape index (κ3) is 1.59. The van der Waals surface area contributed by atoms with E-state index in [1.807, 2.05) is 24.3 Å². The van der Waals surface area contributed by atoms with Gasteiger partial charge in [-0.25, -0.2) is 4.98 Å². The summed E-state index contributed by atoms with van der Waals surface area (Å²) in [7, 11) is 0. The van der Waals surface area contributed by atoms with E-state index in [2.05, 4.69) is 20.3 Å². The summed E-state index contributed by atoms with van der Waals surface area (Å²) in [6.45, 7) is 0. The van der Waals surface area contributed by atoms with Gasteiger partial charge in [0.1, 0.15) is 5.82 Å². The summed E-state index contributed by atoms with van der Waals surface area (Å²) < 4.78 is 0. The van der Waals surface area contributed by atoms with Crippen molar-refractivity contribution in [3.63, 3.8) is 0 Å². The molecule has 0 saturated carbocycles. The second-order valence-electron chi connectivity index (χ2n) is 4.57. The molecule has 1 aromatic carbocycles. The zero-order chi connectivity index (χ0) is 12.8. The lowest BCUT2D eigenvalue weighted by Crippen LogP contribution is -2.03. The van der Waals surface area contributed by atoms with Gasteiger partial charge in [-0.1, -0.05) is 0 Å². The standard InChI is InChI=1S/C14H10N4O/c19-13-6-9-5-11-12(7-10(9)16-13)18-14(17-11)8-1-3-15-4-2-8/h1-5,7H,6H2,(H,16,19)(H,17,18). The van der Waals surface area contributed by atoms with Gasteiger partial charge in [0.05, 0.1) is 17.5 Å². The molecule has 3 heterocycles. The number of rotatable bonds is 1. The summed E-state index contributed by atoms with van der Waals surface area (Å²) in [6, 6.07) is 7.72. The first-order chi connectivity index (χ1) is 9.29. The van der Waals surface area contributed by atoms with Crippen LogP contribution in [0.4, 0.5) is 5.69 Å². The molecule has 0 saturated heterocycles. The summed E-state index contributed by atoms with van der Waals surface area (Å²) in [5.41, 5.74) is 4.68. The number of aromatic amines is 1. The fourth-order valence-corrected chi connectivity index (χ4v) is 2.38. The monoisotopic (exact) mass is 250 g/mol. The molecule has 5 heteroatoms. The maximum Gasteiger partial charge on any atom is 0.228 e. The predicted octanol–water partition coefficient (Wildman–Crippen LogP) is 2.12. The van der Waals surface area contributed by atoms with Crippen LogP contribution in [0.2, 0.25) is 0 Å². The van der Waals surface area contributed by atoms with Gasteiger partial charge in [0, 0.05) is 23.6 Å². The number of imidazole rings is 1. The van der Waals surface area contributed by atoms with Gasteiger partial charge in [0.2, 0.25) is 5.91 Å². The Balaban J connectivity index is 1.88. The van der Waals surface area contributed by atoms with E-state index in [0.717, 1.165) is 33.7 Å². The molecule has 0 aliphatic carbocycles. The molecule has 4 rings (SSSR count). The molecule has 0 radical (unpaired) electrons. The Kier molecular flexibility index (Phi) is 1.97. The van der Waals surface area contributed by atoms with E-state index < -0.39 is 0 Å². The molecule has 0 bridgehead atoms. The molecule has 92 valence electrons. The molecule has 1 amide bonds. The smallest absolute Gasteiger partial charge is 0.228 e. The Morgan fingerprint density at radius 1 is 1.16 bits per heavy atom. The van der Waals surface area contributed by atoms with E-state index in [-0.39, 0.29) is 5.91 Å². The topological polar surface area (TPSA) is 70.7 Å². The zero-order valence-corrected chi connectivity index (χ0v) is 9.97. The molecule has 5 nitrogen and oxygen atoms in total. The number of benzene rings is 1. The van der Waals surface area contributed by atoms with Gasteiger partial charge in [-0.3, -0.25) is 9.78 Å². The molecular weight excluding hydrogens is 240 g/mol. The molecule has 0 atom stereocenters. The number of amides is 1. The maximum absolute atomic E-state index is 11.3. The van der Waals surface area contributed by atoms with Gasteiger partial charge in [0.25, 0.3) is 0 Å². The van der Waals surface area contributed by atoms with E-state index in [1.54, 1.807) is 12.4 Å². The summed E-state index contributed by atoms with van der Waals surface area (Å²) in [4.78, 5) is 23.2. The summed E-state index contributed by atoms with van der Waals surface area (Å²) >= 11 is 0. The molecule has 19 heavy (non-hydrogen) atoms. The van der Waals surface area contributed by atoms with Gasteiger partial charge >= 0.3 is 0 Å². The highest BCUT2D eigenvalue weighted by Crippen LogP contribution is 2.29. The Morgan fingerprint density at radius 2 is 2.00 bits per heavy atom. The number of hydrogen-bond acceptors (Lipinski definition) is 3. The van der Waals surface area contributed by atoms with Crippen molar-refractivity contribution in [3.05, 3.63) is 42.2 Å².